The number of phenols is 1. The third-order valence-electron chi connectivity index (χ3n) is 11.2. The van der Waals surface area contributed by atoms with E-state index in [1.165, 1.54) is 0 Å². The van der Waals surface area contributed by atoms with E-state index in [2.05, 4.69) is 65.8 Å². The molecule has 1 N–H and O–H groups in total. The molecule has 0 radical (unpaired) electrons. The van der Waals surface area contributed by atoms with Gasteiger partial charge in [0.25, 0.3) is 0 Å². The van der Waals surface area contributed by atoms with E-state index in [0.29, 0.717) is 61.6 Å². The molecule has 5 heteroatoms. The summed E-state index contributed by atoms with van der Waals surface area (Å²) < 4.78 is 70.6. The fourth-order valence-corrected chi connectivity index (χ4v) is 7.83. The number of aromatic hydroxyl groups is 1. The normalized spacial score (nSPS) is 13.8. The molecular formula is C57H50N3OPt-. The Labute approximate surface area is 391 Å². The first-order valence-corrected chi connectivity index (χ1v) is 20.4. The van der Waals surface area contributed by atoms with Crippen molar-refractivity contribution in [2.75, 3.05) is 0 Å². The van der Waals surface area contributed by atoms with Crippen molar-refractivity contribution in [2.24, 2.45) is 0 Å². The number of fused-ring (bicyclic) bond motifs is 1. The number of phenolic OH excluding ortho intramolecular Hbond substituents is 1. The molecule has 0 saturated heterocycles. The van der Waals surface area contributed by atoms with Gasteiger partial charge in [-0.25, -0.2) is 4.98 Å². The van der Waals surface area contributed by atoms with Crippen molar-refractivity contribution in [2.45, 2.75) is 59.2 Å². The molecule has 2 aromatic heterocycles. The third-order valence-corrected chi connectivity index (χ3v) is 11.2. The summed E-state index contributed by atoms with van der Waals surface area (Å²) in [6.45, 7) is 10.3. The van der Waals surface area contributed by atoms with Crippen LogP contribution in [0, 0.1) is 12.9 Å². The van der Waals surface area contributed by atoms with Crippen molar-refractivity contribution in [3.8, 4) is 78.6 Å². The summed E-state index contributed by atoms with van der Waals surface area (Å²) in [6.07, 6.45) is 1.57. The summed E-state index contributed by atoms with van der Waals surface area (Å²) in [5.74, 6) is 0.451. The van der Waals surface area contributed by atoms with Crippen LogP contribution in [0.25, 0.3) is 83.9 Å². The van der Waals surface area contributed by atoms with Crippen LogP contribution in [0.15, 0.2) is 170 Å². The Hall–Kier alpha value is -6.35. The number of pyridine rings is 1. The maximum absolute atomic E-state index is 11.6. The van der Waals surface area contributed by atoms with Gasteiger partial charge in [-0.3, -0.25) is 9.55 Å². The van der Waals surface area contributed by atoms with Gasteiger partial charge in [-0.05, 0) is 93.0 Å². The van der Waals surface area contributed by atoms with Crippen LogP contribution >= 0.6 is 0 Å². The van der Waals surface area contributed by atoms with Gasteiger partial charge in [-0.1, -0.05) is 168 Å². The van der Waals surface area contributed by atoms with Gasteiger partial charge in [0.05, 0.1) is 29.1 Å². The van der Waals surface area contributed by atoms with E-state index >= 15 is 0 Å². The molecule has 0 atom stereocenters. The second kappa shape index (κ2) is 16.8. The van der Waals surface area contributed by atoms with Gasteiger partial charge in [0.15, 0.2) is 0 Å². The van der Waals surface area contributed by atoms with Gasteiger partial charge in [0, 0.05) is 42.6 Å². The molecule has 0 aliphatic carbocycles. The number of aromatic nitrogens is 3. The van der Waals surface area contributed by atoms with Gasteiger partial charge in [-0.2, -0.15) is 0 Å². The molecule has 0 aliphatic heterocycles. The number of hydrogen-bond acceptors (Lipinski definition) is 3. The Balaban J connectivity index is 0.00000659. The second-order valence-corrected chi connectivity index (χ2v) is 17.4. The summed E-state index contributed by atoms with van der Waals surface area (Å²) in [5, 5.41) is 11.6. The minimum Gasteiger partial charge on any atom is -0.507 e. The Morgan fingerprint density at radius 3 is 1.98 bits per heavy atom. The van der Waals surface area contributed by atoms with Crippen LogP contribution in [-0.2, 0) is 31.9 Å². The van der Waals surface area contributed by atoms with Gasteiger partial charge in [-0.15, -0.1) is 29.3 Å². The summed E-state index contributed by atoms with van der Waals surface area (Å²) in [5.41, 5.74) is 10.0. The minimum absolute atomic E-state index is 0. The van der Waals surface area contributed by atoms with Crippen molar-refractivity contribution < 1.29 is 37.1 Å². The molecule has 4 nitrogen and oxygen atoms in total. The van der Waals surface area contributed by atoms with E-state index < -0.39 is 25.0 Å². The van der Waals surface area contributed by atoms with Gasteiger partial charge >= 0.3 is 0 Å². The molecule has 9 aromatic rings. The molecule has 62 heavy (non-hydrogen) atoms. The van der Waals surface area contributed by atoms with Gasteiger partial charge in [0.2, 0.25) is 0 Å². The van der Waals surface area contributed by atoms with Gasteiger partial charge in [0.1, 0.15) is 11.6 Å². The van der Waals surface area contributed by atoms with Gasteiger partial charge < -0.3 is 5.11 Å². The predicted octanol–water partition coefficient (Wildman–Crippen LogP) is 14.8. The quantitative estimate of drug-likeness (QED) is 0.162. The topological polar surface area (TPSA) is 50.9 Å². The number of rotatable bonds is 7. The molecule has 0 spiro atoms. The van der Waals surface area contributed by atoms with Crippen molar-refractivity contribution >= 4 is 11.0 Å². The monoisotopic (exact) mass is 995 g/mol. The van der Waals surface area contributed by atoms with E-state index in [1.807, 2.05) is 89.5 Å². The van der Waals surface area contributed by atoms with E-state index in [4.69, 9.17) is 20.9 Å². The zero-order valence-electron chi connectivity index (χ0n) is 43.4. The molecular weight excluding hydrogens is 938 g/mol. The standard InChI is InChI=1S/C57H50N3O.Pt/c1-37-31-49(40-25-27-44(28-26-40)56(2,3)4)52(36-48(37)39-19-12-9-13-20-39)60-51-23-16-22-46(54(51)59-55(60)47-21-14-15-24-53(47)61)42-32-43(34-45(33-42)57(5,6)7)50-35-41(29-30-58-50)38-17-10-8-11-18-38;/h8-31,33-36,61H,1-7H3;/q-1;/i1D3,8D,10D,11D,17D,18D;. The Morgan fingerprint density at radius 1 is 0.597 bits per heavy atom. The molecule has 0 bridgehead atoms. The molecule has 0 aliphatic rings. The third kappa shape index (κ3) is 8.20. The van der Waals surface area contributed by atoms with E-state index in [9.17, 15) is 5.11 Å². The van der Waals surface area contributed by atoms with Crippen LogP contribution in [0.5, 0.6) is 5.75 Å². The zero-order chi connectivity index (χ0) is 49.3. The fourth-order valence-electron chi connectivity index (χ4n) is 7.83. The minimum atomic E-state index is -2.47. The van der Waals surface area contributed by atoms with E-state index in [1.54, 1.807) is 36.5 Å². The van der Waals surface area contributed by atoms with Crippen molar-refractivity contribution in [3.05, 3.63) is 193 Å². The summed E-state index contributed by atoms with van der Waals surface area (Å²) >= 11 is 0. The average molecular weight is 996 g/mol. The first kappa shape index (κ1) is 33.3. The predicted molar refractivity (Wildman–Crippen MR) is 254 cm³/mol. The van der Waals surface area contributed by atoms with Crippen LogP contribution in [0.4, 0.5) is 0 Å². The smallest absolute Gasteiger partial charge is 0.148 e. The summed E-state index contributed by atoms with van der Waals surface area (Å²) in [6, 6.07) is 43.6. The average Bonchev–Trinajstić information content (AvgIpc) is 3.71. The molecule has 0 unspecified atom stereocenters. The first-order chi connectivity index (χ1) is 32.6. The largest absolute Gasteiger partial charge is 0.507 e. The molecule has 310 valence electrons. The SMILES string of the molecule is [2H]c1c([2H])c([2H])c(-c2ccnc(-c3[c-]c(-c4cccc5c4nc(-c4ccccc4O)n5-c4cc(-c5ccccc5)c(C([2H])([2H])[2H])cc4-c4ccc(C(C)(C)C)cc4)cc(C(C)(C)C)c3)c2)c([2H])c1[2H].[Pt]. The molecule has 9 rings (SSSR count). The van der Waals surface area contributed by atoms with Crippen LogP contribution in [0.1, 0.15) is 69.2 Å². The number of hydrogen-bond donors (Lipinski definition) is 1. The van der Waals surface area contributed by atoms with Crippen LogP contribution < -0.4 is 0 Å². The summed E-state index contributed by atoms with van der Waals surface area (Å²) in [4.78, 5) is 10.1. The Kier molecular flexibility index (Phi) is 9.04. The van der Waals surface area contributed by atoms with E-state index in [0.717, 1.165) is 27.8 Å². The summed E-state index contributed by atoms with van der Waals surface area (Å²) in [7, 11) is 0. The molecule has 0 amide bonds. The number of para-hydroxylation sites is 2. The number of benzene rings is 7. The van der Waals surface area contributed by atoms with Crippen LogP contribution in [0.2, 0.25) is 0 Å². The molecule has 2 heterocycles. The van der Waals surface area contributed by atoms with Crippen LogP contribution in [0.3, 0.4) is 0 Å². The Morgan fingerprint density at radius 2 is 1.27 bits per heavy atom. The number of nitrogens with zero attached hydrogens (tertiary/aromatic N) is 3. The van der Waals surface area contributed by atoms with Crippen molar-refractivity contribution in [1.82, 2.24) is 14.5 Å². The fraction of sp³-hybridized carbons (Fsp3) is 0.158. The molecule has 0 saturated carbocycles. The maximum atomic E-state index is 11.6. The first-order valence-electron chi connectivity index (χ1n) is 24.4. The number of imidazole rings is 1. The van der Waals surface area contributed by atoms with Crippen molar-refractivity contribution in [1.29, 1.82) is 0 Å². The number of aryl methyl sites for hydroxylation is 1. The van der Waals surface area contributed by atoms with Crippen molar-refractivity contribution in [3.63, 3.8) is 0 Å². The Bertz CT molecular complexity index is 3430. The van der Waals surface area contributed by atoms with Crippen LogP contribution in [-0.4, -0.2) is 19.6 Å². The zero-order valence-corrected chi connectivity index (χ0v) is 37.7. The maximum Gasteiger partial charge on any atom is 0.148 e. The molecule has 7 aromatic carbocycles. The molecule has 0 fully saturated rings. The van der Waals surface area contributed by atoms with E-state index in [-0.39, 0.29) is 60.9 Å². The second-order valence-electron chi connectivity index (χ2n) is 17.4.